The van der Waals surface area contributed by atoms with Gasteiger partial charge in [0, 0.05) is 6.42 Å². The molecule has 0 atom stereocenters. The number of carboxylic acid groups (broad SMARTS) is 1. The molecule has 0 aliphatic rings. The van der Waals surface area contributed by atoms with Gasteiger partial charge in [-0.1, -0.05) is 51.8 Å². The molecule has 0 spiro atoms. The number of benzene rings is 2. The summed E-state index contributed by atoms with van der Waals surface area (Å²) in [6.07, 6.45) is 3.38. The van der Waals surface area contributed by atoms with Gasteiger partial charge >= 0.3 is 5.97 Å². The molecule has 156 valence electrons. The first-order valence-corrected chi connectivity index (χ1v) is 10.1. The molecule has 0 heterocycles. The standard InChI is InChI=1S/C23H30N2O4/c1-4-13-23(14-5-2,29-20-10-8-7-9-18(20)24)16-11-12-19(25-21(26)6-3)17(15-16)22(27)28/h7-12,15H,4-6,13-14,24H2,1-3H3,(H,25,26)(H,27,28). The molecule has 2 rings (SSSR count). The zero-order valence-electron chi connectivity index (χ0n) is 17.3. The van der Waals surface area contributed by atoms with E-state index in [4.69, 9.17) is 10.5 Å². The number of rotatable bonds is 10. The Bertz CT molecular complexity index is 858. The monoisotopic (exact) mass is 398 g/mol. The van der Waals surface area contributed by atoms with Gasteiger partial charge in [-0.05, 0) is 42.7 Å². The van der Waals surface area contributed by atoms with Crippen LogP contribution < -0.4 is 15.8 Å². The smallest absolute Gasteiger partial charge is 0.337 e. The molecule has 6 nitrogen and oxygen atoms in total. The minimum atomic E-state index is -1.10. The number of anilines is 2. The van der Waals surface area contributed by atoms with Crippen molar-refractivity contribution in [2.45, 2.75) is 58.5 Å². The second-order valence-electron chi connectivity index (χ2n) is 7.10. The fraction of sp³-hybridized carbons (Fsp3) is 0.391. The van der Waals surface area contributed by atoms with Crippen molar-refractivity contribution in [2.24, 2.45) is 0 Å². The molecule has 2 aromatic carbocycles. The number of nitrogen functional groups attached to an aromatic ring is 1. The summed E-state index contributed by atoms with van der Waals surface area (Å²) in [5, 5.41) is 12.4. The van der Waals surface area contributed by atoms with Crippen LogP contribution in [0.4, 0.5) is 11.4 Å². The lowest BCUT2D eigenvalue weighted by molar-refractivity contribution is -0.115. The molecule has 0 radical (unpaired) electrons. The summed E-state index contributed by atoms with van der Waals surface area (Å²) >= 11 is 0. The number of hydrogen-bond donors (Lipinski definition) is 3. The Balaban J connectivity index is 2.57. The van der Waals surface area contributed by atoms with Crippen LogP contribution in [0.15, 0.2) is 42.5 Å². The highest BCUT2D eigenvalue weighted by molar-refractivity contribution is 6.00. The predicted octanol–water partition coefficient (Wildman–Crippen LogP) is 5.19. The molecule has 0 aromatic heterocycles. The third-order valence-corrected chi connectivity index (χ3v) is 4.90. The quantitative estimate of drug-likeness (QED) is 0.478. The number of carbonyl (C=O) groups excluding carboxylic acids is 1. The number of hydrogen-bond acceptors (Lipinski definition) is 4. The number of nitrogens with one attached hydrogen (secondary N) is 1. The van der Waals surface area contributed by atoms with Gasteiger partial charge in [0.1, 0.15) is 11.4 Å². The van der Waals surface area contributed by atoms with Crippen molar-refractivity contribution in [3.8, 4) is 5.75 Å². The van der Waals surface area contributed by atoms with Crippen molar-refractivity contribution >= 4 is 23.3 Å². The van der Waals surface area contributed by atoms with Crippen LogP contribution in [0.2, 0.25) is 0 Å². The zero-order chi connectivity index (χ0) is 21.4. The van der Waals surface area contributed by atoms with Crippen LogP contribution in [0.5, 0.6) is 5.75 Å². The van der Waals surface area contributed by atoms with E-state index >= 15 is 0 Å². The number of aromatic carboxylic acids is 1. The van der Waals surface area contributed by atoms with Gasteiger partial charge < -0.3 is 20.9 Å². The van der Waals surface area contributed by atoms with Crippen LogP contribution in [0.1, 0.15) is 68.8 Å². The highest BCUT2D eigenvalue weighted by Crippen LogP contribution is 2.40. The summed E-state index contributed by atoms with van der Waals surface area (Å²) in [4.78, 5) is 23.7. The molecular formula is C23H30N2O4. The summed E-state index contributed by atoms with van der Waals surface area (Å²) in [6, 6.07) is 12.4. The Morgan fingerprint density at radius 2 is 1.72 bits per heavy atom. The van der Waals surface area contributed by atoms with E-state index in [9.17, 15) is 14.7 Å². The summed E-state index contributed by atoms with van der Waals surface area (Å²) in [5.74, 6) is -0.754. The van der Waals surface area contributed by atoms with Gasteiger partial charge in [0.25, 0.3) is 0 Å². The van der Waals surface area contributed by atoms with Crippen molar-refractivity contribution in [2.75, 3.05) is 11.1 Å². The molecule has 0 saturated heterocycles. The maximum atomic E-state index is 11.9. The van der Waals surface area contributed by atoms with Gasteiger partial charge in [0.05, 0.1) is 16.9 Å². The second kappa shape index (κ2) is 9.96. The number of carboxylic acids is 1. The van der Waals surface area contributed by atoms with Gasteiger partial charge in [-0.25, -0.2) is 4.79 Å². The zero-order valence-corrected chi connectivity index (χ0v) is 17.3. The molecule has 29 heavy (non-hydrogen) atoms. The minimum Gasteiger partial charge on any atom is -0.480 e. The lowest BCUT2D eigenvalue weighted by Crippen LogP contribution is -2.34. The molecule has 0 unspecified atom stereocenters. The number of para-hydroxylation sites is 2. The number of ether oxygens (including phenoxy) is 1. The Kier molecular flexibility index (Phi) is 7.65. The first-order valence-electron chi connectivity index (χ1n) is 10.1. The molecule has 4 N–H and O–H groups in total. The van der Waals surface area contributed by atoms with Crippen molar-refractivity contribution in [1.82, 2.24) is 0 Å². The highest BCUT2D eigenvalue weighted by atomic mass is 16.5. The molecule has 1 amide bonds. The molecular weight excluding hydrogens is 368 g/mol. The molecule has 0 aliphatic heterocycles. The van der Waals surface area contributed by atoms with Gasteiger partial charge in [0.2, 0.25) is 5.91 Å². The van der Waals surface area contributed by atoms with Crippen LogP contribution in [0.3, 0.4) is 0 Å². The van der Waals surface area contributed by atoms with Crippen molar-refractivity contribution in [1.29, 1.82) is 0 Å². The number of carbonyl (C=O) groups is 2. The van der Waals surface area contributed by atoms with Crippen LogP contribution >= 0.6 is 0 Å². The average molecular weight is 399 g/mol. The van der Waals surface area contributed by atoms with E-state index in [1.165, 1.54) is 0 Å². The lowest BCUT2D eigenvalue weighted by atomic mass is 9.83. The summed E-state index contributed by atoms with van der Waals surface area (Å²) in [7, 11) is 0. The SMILES string of the molecule is CCCC(CCC)(Oc1ccccc1N)c1ccc(NC(=O)CC)c(C(=O)O)c1. The van der Waals surface area contributed by atoms with E-state index in [2.05, 4.69) is 19.2 Å². The molecule has 0 aliphatic carbocycles. The van der Waals surface area contributed by atoms with Gasteiger partial charge in [-0.3, -0.25) is 4.79 Å². The van der Waals surface area contributed by atoms with Gasteiger partial charge in [-0.15, -0.1) is 0 Å². The second-order valence-corrected chi connectivity index (χ2v) is 7.10. The fourth-order valence-corrected chi connectivity index (χ4v) is 3.52. The summed E-state index contributed by atoms with van der Waals surface area (Å²) in [5.41, 5.74) is 7.02. The Morgan fingerprint density at radius 1 is 1.07 bits per heavy atom. The first kappa shape index (κ1) is 22.3. The van der Waals surface area contributed by atoms with Crippen molar-refractivity contribution in [3.05, 3.63) is 53.6 Å². The number of amides is 1. The van der Waals surface area contributed by atoms with E-state index in [-0.39, 0.29) is 23.6 Å². The molecule has 2 aromatic rings. The Morgan fingerprint density at radius 3 is 2.28 bits per heavy atom. The van der Waals surface area contributed by atoms with E-state index in [0.717, 1.165) is 18.4 Å². The minimum absolute atomic E-state index is 0.0468. The van der Waals surface area contributed by atoms with E-state index < -0.39 is 11.6 Å². The largest absolute Gasteiger partial charge is 0.480 e. The van der Waals surface area contributed by atoms with Crippen molar-refractivity contribution < 1.29 is 19.4 Å². The maximum absolute atomic E-state index is 11.9. The Labute approximate surface area is 172 Å². The van der Waals surface area contributed by atoms with Crippen molar-refractivity contribution in [3.63, 3.8) is 0 Å². The summed E-state index contributed by atoms with van der Waals surface area (Å²) < 4.78 is 6.47. The van der Waals surface area contributed by atoms with Crippen LogP contribution in [0.25, 0.3) is 0 Å². The third-order valence-electron chi connectivity index (χ3n) is 4.90. The third kappa shape index (κ3) is 5.28. The number of nitrogens with two attached hydrogens (primary N) is 1. The fourth-order valence-electron chi connectivity index (χ4n) is 3.52. The highest BCUT2D eigenvalue weighted by Gasteiger charge is 2.34. The van der Waals surface area contributed by atoms with E-state index in [1.807, 2.05) is 24.3 Å². The average Bonchev–Trinajstić information content (AvgIpc) is 2.70. The molecule has 0 bridgehead atoms. The lowest BCUT2D eigenvalue weighted by Gasteiger charge is -2.36. The molecule has 0 saturated carbocycles. The van der Waals surface area contributed by atoms with Crippen LogP contribution in [-0.4, -0.2) is 17.0 Å². The van der Waals surface area contributed by atoms with Gasteiger partial charge in [-0.2, -0.15) is 0 Å². The normalized spacial score (nSPS) is 11.1. The van der Waals surface area contributed by atoms with Crippen LogP contribution in [-0.2, 0) is 10.4 Å². The first-order chi connectivity index (χ1) is 13.9. The van der Waals surface area contributed by atoms with E-state index in [1.54, 1.807) is 25.1 Å². The van der Waals surface area contributed by atoms with E-state index in [0.29, 0.717) is 24.3 Å². The topological polar surface area (TPSA) is 102 Å². The molecule has 0 fully saturated rings. The van der Waals surface area contributed by atoms with Gasteiger partial charge in [0.15, 0.2) is 0 Å². The van der Waals surface area contributed by atoms with Crippen LogP contribution in [0, 0.1) is 0 Å². The summed E-state index contributed by atoms with van der Waals surface area (Å²) in [6.45, 7) is 5.85. The Hall–Kier alpha value is -3.02. The maximum Gasteiger partial charge on any atom is 0.337 e. The predicted molar refractivity (Wildman–Crippen MR) is 115 cm³/mol. The molecule has 6 heteroatoms.